The van der Waals surface area contributed by atoms with Gasteiger partial charge in [-0.25, -0.2) is 9.78 Å². The normalized spacial score (nSPS) is 21.8. The molecule has 1 aromatic carbocycles. The smallest absolute Gasteiger partial charge is 0.326 e. The minimum Gasteiger partial charge on any atom is -0.490 e. The number of fused-ring (bicyclic) bond motifs is 1. The van der Waals surface area contributed by atoms with E-state index < -0.39 is 23.3 Å². The number of benzene rings is 1. The van der Waals surface area contributed by atoms with E-state index in [1.54, 1.807) is 6.07 Å². The standard InChI is InChI=1S/C32H46N2O4/c1-31(2,3)22-12-15-23(16-13-22)38-24-14-11-21-18-27(29(35)34-28(30(36)37)32(4,5)6)33-26(25(21)19-24)17-20-9-7-8-10-20/h11,14,18-20,22-23,28H,7-10,12-13,15-17H2,1-6H3,(H,34,35)(H,36,37)/t22?,23?,28-/m0/s1. The summed E-state index contributed by atoms with van der Waals surface area (Å²) < 4.78 is 6.47. The van der Waals surface area contributed by atoms with E-state index in [-0.39, 0.29) is 11.8 Å². The molecule has 0 aliphatic heterocycles. The van der Waals surface area contributed by atoms with E-state index in [9.17, 15) is 14.7 Å². The highest BCUT2D eigenvalue weighted by Crippen LogP contribution is 2.39. The van der Waals surface area contributed by atoms with Crippen molar-refractivity contribution in [3.63, 3.8) is 0 Å². The number of nitrogens with zero attached hydrogens (tertiary/aromatic N) is 1. The molecule has 0 saturated heterocycles. The Morgan fingerprint density at radius 2 is 1.66 bits per heavy atom. The second kappa shape index (κ2) is 11.2. The fourth-order valence-corrected chi connectivity index (χ4v) is 6.22. The fourth-order valence-electron chi connectivity index (χ4n) is 6.22. The van der Waals surface area contributed by atoms with Gasteiger partial charge in [0, 0.05) is 11.1 Å². The number of nitrogens with one attached hydrogen (secondary N) is 1. The van der Waals surface area contributed by atoms with Crippen LogP contribution in [0, 0.1) is 22.7 Å². The Labute approximate surface area is 227 Å². The van der Waals surface area contributed by atoms with Gasteiger partial charge in [0.25, 0.3) is 5.91 Å². The Morgan fingerprint density at radius 3 is 2.24 bits per heavy atom. The number of carbonyl (C=O) groups excluding carboxylic acids is 1. The van der Waals surface area contributed by atoms with Gasteiger partial charge in [0.1, 0.15) is 17.5 Å². The summed E-state index contributed by atoms with van der Waals surface area (Å²) in [5.74, 6) is 0.670. The Hall–Kier alpha value is -2.63. The number of carboxylic acids is 1. The van der Waals surface area contributed by atoms with Crippen molar-refractivity contribution in [3.05, 3.63) is 35.7 Å². The number of hydrogen-bond acceptors (Lipinski definition) is 4. The number of carboxylic acid groups (broad SMARTS) is 1. The van der Waals surface area contributed by atoms with E-state index >= 15 is 0 Å². The maximum Gasteiger partial charge on any atom is 0.326 e. The molecule has 1 amide bonds. The predicted octanol–water partition coefficient (Wildman–Crippen LogP) is 7.18. The van der Waals surface area contributed by atoms with Crippen LogP contribution in [0.2, 0.25) is 0 Å². The van der Waals surface area contributed by atoms with Crippen LogP contribution in [0.1, 0.15) is 109 Å². The topological polar surface area (TPSA) is 88.5 Å². The Morgan fingerprint density at radius 1 is 1.00 bits per heavy atom. The number of hydrogen-bond donors (Lipinski definition) is 2. The lowest BCUT2D eigenvalue weighted by Gasteiger charge is -2.37. The van der Waals surface area contributed by atoms with E-state index in [1.165, 1.54) is 38.5 Å². The zero-order valence-corrected chi connectivity index (χ0v) is 24.1. The molecule has 6 heteroatoms. The summed E-state index contributed by atoms with van der Waals surface area (Å²) in [5, 5.41) is 14.4. The first-order chi connectivity index (χ1) is 17.8. The summed E-state index contributed by atoms with van der Waals surface area (Å²) in [4.78, 5) is 29.9. The molecule has 2 fully saturated rings. The van der Waals surface area contributed by atoms with Gasteiger partial charge in [-0.1, -0.05) is 73.3 Å². The van der Waals surface area contributed by atoms with E-state index in [0.717, 1.165) is 47.4 Å². The highest BCUT2D eigenvalue weighted by molar-refractivity contribution is 5.99. The third-order valence-electron chi connectivity index (χ3n) is 8.66. The number of amides is 1. The SMILES string of the molecule is CC(C)(C)C1CCC(Oc2ccc3cc(C(=O)N[C@@H](C(=O)O)C(C)(C)C)nc(CC4CCCC4)c3c2)CC1. The first kappa shape index (κ1) is 28.4. The van der Waals surface area contributed by atoms with Crippen molar-refractivity contribution in [2.24, 2.45) is 22.7 Å². The summed E-state index contributed by atoms with van der Waals surface area (Å²) in [6.45, 7) is 12.4. The number of aromatic nitrogens is 1. The summed E-state index contributed by atoms with van der Waals surface area (Å²) in [6, 6.07) is 6.88. The van der Waals surface area contributed by atoms with Gasteiger partial charge in [0.2, 0.25) is 0 Å². The van der Waals surface area contributed by atoms with Crippen molar-refractivity contribution in [2.45, 2.75) is 111 Å². The van der Waals surface area contributed by atoms with Crippen LogP contribution in [-0.4, -0.2) is 34.1 Å². The number of ether oxygens (including phenoxy) is 1. The molecule has 1 aromatic heterocycles. The van der Waals surface area contributed by atoms with Gasteiger partial charge < -0.3 is 15.2 Å². The highest BCUT2D eigenvalue weighted by atomic mass is 16.5. The molecule has 0 spiro atoms. The molecule has 1 heterocycles. The quantitative estimate of drug-likeness (QED) is 0.402. The summed E-state index contributed by atoms with van der Waals surface area (Å²) in [6.07, 6.45) is 10.4. The Bertz CT molecular complexity index is 1150. The second-order valence-corrected chi connectivity index (χ2v) is 13.8. The number of carbonyl (C=O) groups is 2. The van der Waals surface area contributed by atoms with Gasteiger partial charge in [0.15, 0.2) is 0 Å². The van der Waals surface area contributed by atoms with Crippen LogP contribution in [0.5, 0.6) is 5.75 Å². The third-order valence-corrected chi connectivity index (χ3v) is 8.66. The van der Waals surface area contributed by atoms with Gasteiger partial charge in [-0.2, -0.15) is 0 Å². The van der Waals surface area contributed by atoms with Gasteiger partial charge in [-0.05, 0) is 78.4 Å². The van der Waals surface area contributed by atoms with E-state index in [1.807, 2.05) is 32.9 Å². The molecule has 2 aromatic rings. The van der Waals surface area contributed by atoms with Crippen LogP contribution >= 0.6 is 0 Å². The van der Waals surface area contributed by atoms with Gasteiger partial charge in [-0.15, -0.1) is 0 Å². The van der Waals surface area contributed by atoms with Crippen molar-refractivity contribution in [2.75, 3.05) is 0 Å². The zero-order valence-electron chi connectivity index (χ0n) is 24.1. The van der Waals surface area contributed by atoms with Gasteiger partial charge in [0.05, 0.1) is 6.10 Å². The fraction of sp³-hybridized carbons (Fsp3) is 0.656. The monoisotopic (exact) mass is 522 g/mol. The average Bonchev–Trinajstić information content (AvgIpc) is 3.34. The second-order valence-electron chi connectivity index (χ2n) is 13.8. The minimum atomic E-state index is -1.05. The van der Waals surface area contributed by atoms with Crippen LogP contribution in [0.4, 0.5) is 0 Å². The maximum atomic E-state index is 13.2. The lowest BCUT2D eigenvalue weighted by Crippen LogP contribution is -2.49. The largest absolute Gasteiger partial charge is 0.490 e. The Kier molecular flexibility index (Phi) is 8.39. The lowest BCUT2D eigenvalue weighted by atomic mass is 9.72. The molecule has 0 unspecified atom stereocenters. The van der Waals surface area contributed by atoms with E-state index in [2.05, 4.69) is 32.2 Å². The molecular weight excluding hydrogens is 476 g/mol. The molecule has 0 radical (unpaired) electrons. The first-order valence-electron chi connectivity index (χ1n) is 14.5. The van der Waals surface area contributed by atoms with Gasteiger partial charge >= 0.3 is 5.97 Å². The molecule has 2 N–H and O–H groups in total. The Balaban J connectivity index is 1.59. The molecule has 208 valence electrons. The van der Waals surface area contributed by atoms with Crippen LogP contribution in [0.15, 0.2) is 24.3 Å². The van der Waals surface area contributed by atoms with Crippen molar-refractivity contribution < 1.29 is 19.4 Å². The third kappa shape index (κ3) is 6.86. The molecule has 4 rings (SSSR count). The van der Waals surface area contributed by atoms with E-state index in [0.29, 0.717) is 11.3 Å². The molecule has 2 saturated carbocycles. The molecule has 0 bridgehead atoms. The maximum absolute atomic E-state index is 13.2. The number of aliphatic carboxylic acids is 1. The summed E-state index contributed by atoms with van der Waals surface area (Å²) >= 11 is 0. The van der Waals surface area contributed by atoms with Crippen molar-refractivity contribution >= 4 is 22.6 Å². The molecule has 6 nitrogen and oxygen atoms in total. The van der Waals surface area contributed by atoms with Crippen molar-refractivity contribution in [1.29, 1.82) is 0 Å². The molecule has 2 aliphatic carbocycles. The van der Waals surface area contributed by atoms with Crippen molar-refractivity contribution in [3.8, 4) is 5.75 Å². The molecule has 38 heavy (non-hydrogen) atoms. The molecule has 2 aliphatic rings. The molecule has 1 atom stereocenters. The minimum absolute atomic E-state index is 0.229. The van der Waals surface area contributed by atoms with Crippen LogP contribution in [-0.2, 0) is 11.2 Å². The first-order valence-corrected chi connectivity index (χ1v) is 14.5. The number of rotatable bonds is 7. The summed E-state index contributed by atoms with van der Waals surface area (Å²) in [7, 11) is 0. The highest BCUT2D eigenvalue weighted by Gasteiger charge is 2.34. The van der Waals surface area contributed by atoms with E-state index in [4.69, 9.17) is 9.72 Å². The zero-order chi connectivity index (χ0) is 27.7. The average molecular weight is 523 g/mol. The van der Waals surface area contributed by atoms with Crippen LogP contribution in [0.25, 0.3) is 10.8 Å². The lowest BCUT2D eigenvalue weighted by molar-refractivity contribution is -0.142. The van der Waals surface area contributed by atoms with Crippen molar-refractivity contribution in [1.82, 2.24) is 10.3 Å². The molecular formula is C32H46N2O4. The summed E-state index contributed by atoms with van der Waals surface area (Å²) in [5.41, 5.74) is 0.901. The van der Waals surface area contributed by atoms with Crippen LogP contribution in [0.3, 0.4) is 0 Å². The van der Waals surface area contributed by atoms with Gasteiger partial charge in [-0.3, -0.25) is 4.79 Å². The van der Waals surface area contributed by atoms with Crippen LogP contribution < -0.4 is 10.1 Å². The predicted molar refractivity (Wildman–Crippen MR) is 152 cm³/mol. The number of pyridine rings is 1.